The van der Waals surface area contributed by atoms with Crippen molar-refractivity contribution in [2.24, 2.45) is 11.8 Å². The number of aliphatic hydroxyl groups excluding tert-OH is 1. The zero-order valence-corrected chi connectivity index (χ0v) is 10.8. The molecule has 0 spiro atoms. The molecule has 0 aliphatic carbocycles. The molecule has 2 unspecified atom stereocenters. The van der Waals surface area contributed by atoms with Crippen LogP contribution in [0.25, 0.3) is 0 Å². The fourth-order valence-corrected chi connectivity index (χ4v) is 1.89. The summed E-state index contributed by atoms with van der Waals surface area (Å²) in [5.41, 5.74) is 0. The summed E-state index contributed by atoms with van der Waals surface area (Å²) < 4.78 is 0. The lowest BCUT2D eigenvalue weighted by molar-refractivity contribution is -0.130. The molecule has 2 atom stereocenters. The highest BCUT2D eigenvalue weighted by atomic mass is 16.3. The number of hydrogen-bond donors (Lipinski definition) is 2. The van der Waals surface area contributed by atoms with Crippen LogP contribution in [0.2, 0.25) is 0 Å². The van der Waals surface area contributed by atoms with Crippen molar-refractivity contribution in [2.45, 2.75) is 33.2 Å². The van der Waals surface area contributed by atoms with Crippen LogP contribution in [0, 0.1) is 11.8 Å². The summed E-state index contributed by atoms with van der Waals surface area (Å²) in [7, 11) is 0. The van der Waals surface area contributed by atoms with Gasteiger partial charge in [0.15, 0.2) is 0 Å². The molecule has 1 saturated heterocycles. The Kier molecular flexibility index (Phi) is 4.93. The van der Waals surface area contributed by atoms with Gasteiger partial charge in [-0.1, -0.05) is 6.92 Å². The zero-order chi connectivity index (χ0) is 13.0. The first-order valence-corrected chi connectivity index (χ1v) is 6.13. The lowest BCUT2D eigenvalue weighted by atomic mass is 10.1. The van der Waals surface area contributed by atoms with Gasteiger partial charge in [0.05, 0.1) is 5.92 Å². The molecule has 0 aromatic carbocycles. The van der Waals surface area contributed by atoms with Gasteiger partial charge in [-0.2, -0.15) is 0 Å². The molecule has 5 nitrogen and oxygen atoms in total. The van der Waals surface area contributed by atoms with Crippen molar-refractivity contribution < 1.29 is 14.7 Å². The highest BCUT2D eigenvalue weighted by molar-refractivity contribution is 5.89. The smallest absolute Gasteiger partial charge is 0.225 e. The quantitative estimate of drug-likeness (QED) is 0.712. The maximum absolute atomic E-state index is 11.8. The Morgan fingerprint density at radius 2 is 2.18 bits per heavy atom. The van der Waals surface area contributed by atoms with Gasteiger partial charge < -0.3 is 15.3 Å². The van der Waals surface area contributed by atoms with Gasteiger partial charge in [-0.05, 0) is 19.8 Å². The van der Waals surface area contributed by atoms with Crippen LogP contribution in [0.15, 0.2) is 0 Å². The predicted octanol–water partition coefficient (Wildman–Crippen LogP) is -0.0121. The number of amides is 2. The molecule has 2 amide bonds. The molecule has 98 valence electrons. The van der Waals surface area contributed by atoms with E-state index in [2.05, 4.69) is 5.32 Å². The van der Waals surface area contributed by atoms with E-state index in [-0.39, 0.29) is 36.3 Å². The molecule has 0 bridgehead atoms. The molecule has 1 aliphatic heterocycles. The molecular formula is C12H22N2O3. The minimum Gasteiger partial charge on any atom is -0.396 e. The second-order valence-corrected chi connectivity index (χ2v) is 5.07. The second-order valence-electron chi connectivity index (χ2n) is 5.07. The third kappa shape index (κ3) is 3.70. The Hall–Kier alpha value is -1.10. The molecule has 1 fully saturated rings. The molecule has 0 radical (unpaired) electrons. The maximum atomic E-state index is 11.8. The first-order valence-electron chi connectivity index (χ1n) is 6.13. The van der Waals surface area contributed by atoms with Crippen LogP contribution in [0.1, 0.15) is 27.2 Å². The molecule has 1 rings (SSSR count). The zero-order valence-electron chi connectivity index (χ0n) is 10.8. The van der Waals surface area contributed by atoms with Crippen molar-refractivity contribution in [1.82, 2.24) is 10.2 Å². The van der Waals surface area contributed by atoms with E-state index in [0.717, 1.165) is 0 Å². The van der Waals surface area contributed by atoms with Crippen LogP contribution in [-0.2, 0) is 9.59 Å². The van der Waals surface area contributed by atoms with E-state index >= 15 is 0 Å². The number of carbonyl (C=O) groups is 2. The summed E-state index contributed by atoms with van der Waals surface area (Å²) in [6, 6.07) is 0.150. The highest BCUT2D eigenvalue weighted by Gasteiger charge is 2.35. The number of rotatable bonds is 5. The third-order valence-corrected chi connectivity index (χ3v) is 3.09. The number of nitrogens with one attached hydrogen (secondary N) is 1. The second kappa shape index (κ2) is 6.00. The lowest BCUT2D eigenvalue weighted by Gasteiger charge is -2.20. The van der Waals surface area contributed by atoms with Crippen LogP contribution >= 0.6 is 0 Å². The summed E-state index contributed by atoms with van der Waals surface area (Å²) in [5, 5.41) is 11.6. The first-order chi connectivity index (χ1) is 7.95. The maximum Gasteiger partial charge on any atom is 0.225 e. The molecule has 0 aromatic rings. The molecule has 0 aromatic heterocycles. The molecule has 1 aliphatic rings. The van der Waals surface area contributed by atoms with E-state index in [4.69, 9.17) is 5.11 Å². The summed E-state index contributed by atoms with van der Waals surface area (Å²) in [6.45, 7) is 6.79. The SMILES string of the molecule is CC(CO)CNC(=O)C1CC(=O)N(C(C)C)C1. The molecule has 2 N–H and O–H groups in total. The average Bonchev–Trinajstić information content (AvgIpc) is 2.67. The summed E-state index contributed by atoms with van der Waals surface area (Å²) in [4.78, 5) is 25.2. The van der Waals surface area contributed by atoms with Crippen LogP contribution in [0.3, 0.4) is 0 Å². The standard InChI is InChI=1S/C12H22N2O3/c1-8(2)14-6-10(4-11(14)16)12(17)13-5-9(3)7-15/h8-10,15H,4-7H2,1-3H3,(H,13,17). The van der Waals surface area contributed by atoms with Gasteiger partial charge in [0, 0.05) is 32.2 Å². The monoisotopic (exact) mass is 242 g/mol. The number of likely N-dealkylation sites (tertiary alicyclic amines) is 1. The van der Waals surface area contributed by atoms with Gasteiger partial charge in [-0.25, -0.2) is 0 Å². The highest BCUT2D eigenvalue weighted by Crippen LogP contribution is 2.20. The number of hydrogen-bond acceptors (Lipinski definition) is 3. The van der Waals surface area contributed by atoms with Crippen molar-refractivity contribution in [3.63, 3.8) is 0 Å². The largest absolute Gasteiger partial charge is 0.396 e. The minimum atomic E-state index is -0.240. The van der Waals surface area contributed by atoms with Crippen molar-refractivity contribution in [1.29, 1.82) is 0 Å². The van der Waals surface area contributed by atoms with Gasteiger partial charge >= 0.3 is 0 Å². The topological polar surface area (TPSA) is 69.6 Å². The number of carbonyl (C=O) groups excluding carboxylic acids is 2. The van der Waals surface area contributed by atoms with E-state index in [9.17, 15) is 9.59 Å². The van der Waals surface area contributed by atoms with E-state index in [1.165, 1.54) is 0 Å². The van der Waals surface area contributed by atoms with E-state index in [0.29, 0.717) is 19.5 Å². The molecular weight excluding hydrogens is 220 g/mol. The molecule has 17 heavy (non-hydrogen) atoms. The van der Waals surface area contributed by atoms with Gasteiger partial charge in [-0.3, -0.25) is 9.59 Å². The summed E-state index contributed by atoms with van der Waals surface area (Å²) >= 11 is 0. The Labute approximate surface area is 102 Å². The van der Waals surface area contributed by atoms with E-state index < -0.39 is 0 Å². The molecule has 0 saturated carbocycles. The van der Waals surface area contributed by atoms with Crippen molar-refractivity contribution >= 4 is 11.8 Å². The lowest BCUT2D eigenvalue weighted by Crippen LogP contribution is -2.37. The van der Waals surface area contributed by atoms with Gasteiger partial charge in [0.1, 0.15) is 0 Å². The number of nitrogens with zero attached hydrogens (tertiary/aromatic N) is 1. The normalized spacial score (nSPS) is 22.1. The van der Waals surface area contributed by atoms with Crippen LogP contribution < -0.4 is 5.32 Å². The van der Waals surface area contributed by atoms with Crippen LogP contribution in [0.5, 0.6) is 0 Å². The third-order valence-electron chi connectivity index (χ3n) is 3.09. The minimum absolute atomic E-state index is 0.0513. The molecule has 1 heterocycles. The summed E-state index contributed by atoms with van der Waals surface area (Å²) in [6.07, 6.45) is 0.303. The average molecular weight is 242 g/mol. The Balaban J connectivity index is 2.42. The molecule has 5 heteroatoms. The van der Waals surface area contributed by atoms with E-state index in [1.54, 1.807) is 4.90 Å². The predicted molar refractivity (Wildman–Crippen MR) is 64.2 cm³/mol. The van der Waals surface area contributed by atoms with Gasteiger partial charge in [0.2, 0.25) is 11.8 Å². The van der Waals surface area contributed by atoms with Crippen molar-refractivity contribution in [3.8, 4) is 0 Å². The fourth-order valence-electron chi connectivity index (χ4n) is 1.89. The first kappa shape index (κ1) is 14.0. The van der Waals surface area contributed by atoms with Crippen molar-refractivity contribution in [3.05, 3.63) is 0 Å². The Bertz CT molecular complexity index is 291. The Morgan fingerprint density at radius 1 is 1.53 bits per heavy atom. The van der Waals surface area contributed by atoms with Crippen LogP contribution in [-0.4, -0.2) is 47.6 Å². The number of aliphatic hydroxyl groups is 1. The van der Waals surface area contributed by atoms with Crippen molar-refractivity contribution in [2.75, 3.05) is 19.7 Å². The fraction of sp³-hybridized carbons (Fsp3) is 0.833. The summed E-state index contributed by atoms with van der Waals surface area (Å²) in [5.74, 6) is -0.217. The van der Waals surface area contributed by atoms with Crippen LogP contribution in [0.4, 0.5) is 0 Å². The van der Waals surface area contributed by atoms with E-state index in [1.807, 2.05) is 20.8 Å². The van der Waals surface area contributed by atoms with Gasteiger partial charge in [-0.15, -0.1) is 0 Å². The van der Waals surface area contributed by atoms with Gasteiger partial charge in [0.25, 0.3) is 0 Å². The Morgan fingerprint density at radius 3 is 2.65 bits per heavy atom.